The first-order chi connectivity index (χ1) is 9.70. The van der Waals surface area contributed by atoms with Crippen molar-refractivity contribution in [2.24, 2.45) is 11.8 Å². The molecule has 3 nitrogen and oxygen atoms in total. The average molecular weight is 275 g/mol. The Hall–Kier alpha value is -1.09. The summed E-state index contributed by atoms with van der Waals surface area (Å²) in [5.41, 5.74) is 2.69. The summed E-state index contributed by atoms with van der Waals surface area (Å²) in [6, 6.07) is 2.18. The van der Waals surface area contributed by atoms with Gasteiger partial charge in [-0.25, -0.2) is 0 Å². The largest absolute Gasteiger partial charge is 0.371 e. The maximum Gasteiger partial charge on any atom is 0.0442 e. The van der Waals surface area contributed by atoms with Gasteiger partial charge in [-0.3, -0.25) is 4.98 Å². The minimum Gasteiger partial charge on any atom is -0.371 e. The number of rotatable bonds is 8. The fourth-order valence-electron chi connectivity index (χ4n) is 2.74. The molecule has 112 valence electrons. The van der Waals surface area contributed by atoms with Crippen molar-refractivity contribution in [2.45, 2.75) is 46.6 Å². The Morgan fingerprint density at radius 3 is 2.80 bits per heavy atom. The van der Waals surface area contributed by atoms with Crippen LogP contribution in [0.4, 0.5) is 5.69 Å². The van der Waals surface area contributed by atoms with E-state index in [1.54, 1.807) is 0 Å². The first-order valence-corrected chi connectivity index (χ1v) is 8.09. The molecule has 1 aromatic heterocycles. The minimum absolute atomic E-state index is 0.687. The second kappa shape index (κ2) is 7.63. The third kappa shape index (κ3) is 4.20. The van der Waals surface area contributed by atoms with Crippen LogP contribution in [-0.4, -0.2) is 24.6 Å². The van der Waals surface area contributed by atoms with Gasteiger partial charge in [0, 0.05) is 43.3 Å². The summed E-state index contributed by atoms with van der Waals surface area (Å²) in [5, 5.41) is 3.54. The molecule has 0 radical (unpaired) electrons. The molecule has 1 aliphatic rings. The smallest absolute Gasteiger partial charge is 0.0442 e. The number of anilines is 1. The Morgan fingerprint density at radius 2 is 2.20 bits per heavy atom. The van der Waals surface area contributed by atoms with Crippen LogP contribution < -0.4 is 10.2 Å². The van der Waals surface area contributed by atoms with Crippen molar-refractivity contribution < 1.29 is 0 Å². The zero-order valence-electron chi connectivity index (χ0n) is 13.2. The second-order valence-electron chi connectivity index (χ2n) is 6.36. The highest BCUT2D eigenvalue weighted by Gasteiger charge is 2.21. The quantitative estimate of drug-likeness (QED) is 0.787. The zero-order valence-corrected chi connectivity index (χ0v) is 13.2. The molecular weight excluding hydrogens is 246 g/mol. The summed E-state index contributed by atoms with van der Waals surface area (Å²) in [4.78, 5) is 6.83. The van der Waals surface area contributed by atoms with Crippen molar-refractivity contribution in [3.05, 3.63) is 24.0 Å². The Labute approximate surface area is 123 Å². The van der Waals surface area contributed by atoms with Crippen LogP contribution >= 0.6 is 0 Å². The lowest BCUT2D eigenvalue weighted by Crippen LogP contribution is -2.33. The standard InChI is InChI=1S/C17H29N3/c1-4-20(13-15-6-5-7-15)17-8-9-18-11-16(17)12-19-10-14(2)3/h8-9,11,14-15,19H,4-7,10,12-13H2,1-3H3. The molecule has 1 fully saturated rings. The molecule has 1 heterocycles. The molecule has 1 saturated carbocycles. The summed E-state index contributed by atoms with van der Waals surface area (Å²) >= 11 is 0. The van der Waals surface area contributed by atoms with Gasteiger partial charge < -0.3 is 10.2 Å². The van der Waals surface area contributed by atoms with Crippen LogP contribution in [-0.2, 0) is 6.54 Å². The van der Waals surface area contributed by atoms with Crippen LogP contribution in [0.1, 0.15) is 45.6 Å². The van der Waals surface area contributed by atoms with E-state index in [9.17, 15) is 0 Å². The summed E-state index contributed by atoms with van der Waals surface area (Å²) < 4.78 is 0. The Kier molecular flexibility index (Phi) is 5.84. The van der Waals surface area contributed by atoms with Crippen molar-refractivity contribution >= 4 is 5.69 Å². The molecule has 1 N–H and O–H groups in total. The Morgan fingerprint density at radius 1 is 1.40 bits per heavy atom. The monoisotopic (exact) mass is 275 g/mol. The van der Waals surface area contributed by atoms with Crippen molar-refractivity contribution in [3.63, 3.8) is 0 Å². The van der Waals surface area contributed by atoms with Gasteiger partial charge in [-0.1, -0.05) is 20.3 Å². The highest BCUT2D eigenvalue weighted by atomic mass is 15.1. The van der Waals surface area contributed by atoms with Gasteiger partial charge in [0.1, 0.15) is 0 Å². The van der Waals surface area contributed by atoms with Gasteiger partial charge in [-0.05, 0) is 44.2 Å². The molecule has 1 aromatic rings. The molecule has 0 bridgehead atoms. The summed E-state index contributed by atoms with van der Waals surface area (Å²) in [6.45, 7) is 11.0. The molecule has 0 atom stereocenters. The summed E-state index contributed by atoms with van der Waals surface area (Å²) in [7, 11) is 0. The lowest BCUT2D eigenvalue weighted by molar-refractivity contribution is 0.318. The van der Waals surface area contributed by atoms with Crippen LogP contribution in [0.15, 0.2) is 18.5 Å². The highest BCUT2D eigenvalue weighted by Crippen LogP contribution is 2.29. The molecule has 0 amide bonds. The lowest BCUT2D eigenvalue weighted by atomic mass is 9.85. The van der Waals surface area contributed by atoms with E-state index in [4.69, 9.17) is 0 Å². The van der Waals surface area contributed by atoms with E-state index in [2.05, 4.69) is 42.0 Å². The van der Waals surface area contributed by atoms with Crippen molar-refractivity contribution in [3.8, 4) is 0 Å². The van der Waals surface area contributed by atoms with Crippen molar-refractivity contribution in [2.75, 3.05) is 24.5 Å². The van der Waals surface area contributed by atoms with Gasteiger partial charge >= 0.3 is 0 Å². The van der Waals surface area contributed by atoms with E-state index < -0.39 is 0 Å². The molecule has 0 aromatic carbocycles. The summed E-state index contributed by atoms with van der Waals surface area (Å²) in [6.07, 6.45) is 8.17. The lowest BCUT2D eigenvalue weighted by Gasteiger charge is -2.34. The maximum absolute atomic E-state index is 4.31. The van der Waals surface area contributed by atoms with E-state index in [1.807, 2.05) is 12.4 Å². The predicted molar refractivity (Wildman–Crippen MR) is 86.0 cm³/mol. The van der Waals surface area contributed by atoms with E-state index in [0.29, 0.717) is 5.92 Å². The molecule has 0 saturated heterocycles. The first-order valence-electron chi connectivity index (χ1n) is 8.09. The van der Waals surface area contributed by atoms with Gasteiger partial charge in [0.15, 0.2) is 0 Å². The van der Waals surface area contributed by atoms with Gasteiger partial charge in [0.2, 0.25) is 0 Å². The fraction of sp³-hybridized carbons (Fsp3) is 0.706. The van der Waals surface area contributed by atoms with E-state index in [-0.39, 0.29) is 0 Å². The van der Waals surface area contributed by atoms with E-state index in [1.165, 1.54) is 37.1 Å². The second-order valence-corrected chi connectivity index (χ2v) is 6.36. The molecular formula is C17H29N3. The molecule has 3 heteroatoms. The number of nitrogens with zero attached hydrogens (tertiary/aromatic N) is 2. The van der Waals surface area contributed by atoms with Crippen LogP contribution in [0, 0.1) is 11.8 Å². The van der Waals surface area contributed by atoms with Crippen LogP contribution in [0.3, 0.4) is 0 Å². The van der Waals surface area contributed by atoms with Crippen LogP contribution in [0.2, 0.25) is 0 Å². The predicted octanol–water partition coefficient (Wildman–Crippen LogP) is 3.45. The van der Waals surface area contributed by atoms with Gasteiger partial charge in [0.25, 0.3) is 0 Å². The van der Waals surface area contributed by atoms with Crippen molar-refractivity contribution in [1.82, 2.24) is 10.3 Å². The number of hydrogen-bond donors (Lipinski definition) is 1. The van der Waals surface area contributed by atoms with Crippen LogP contribution in [0.5, 0.6) is 0 Å². The third-order valence-electron chi connectivity index (χ3n) is 4.17. The molecule has 1 aliphatic carbocycles. The topological polar surface area (TPSA) is 28.2 Å². The first kappa shape index (κ1) is 15.3. The maximum atomic E-state index is 4.31. The average Bonchev–Trinajstić information content (AvgIpc) is 2.38. The van der Waals surface area contributed by atoms with Crippen molar-refractivity contribution in [1.29, 1.82) is 0 Å². The molecule has 20 heavy (non-hydrogen) atoms. The molecule has 0 aliphatic heterocycles. The molecule has 0 spiro atoms. The number of hydrogen-bond acceptors (Lipinski definition) is 3. The summed E-state index contributed by atoms with van der Waals surface area (Å²) in [5.74, 6) is 1.59. The Balaban J connectivity index is 2.00. The third-order valence-corrected chi connectivity index (χ3v) is 4.17. The highest BCUT2D eigenvalue weighted by molar-refractivity contribution is 5.52. The fourth-order valence-corrected chi connectivity index (χ4v) is 2.74. The number of nitrogens with one attached hydrogen (secondary N) is 1. The van der Waals surface area contributed by atoms with Crippen LogP contribution in [0.25, 0.3) is 0 Å². The van der Waals surface area contributed by atoms with Gasteiger partial charge in [-0.2, -0.15) is 0 Å². The minimum atomic E-state index is 0.687. The number of aromatic nitrogens is 1. The molecule has 0 unspecified atom stereocenters. The normalized spacial score (nSPS) is 15.4. The van der Waals surface area contributed by atoms with E-state index >= 15 is 0 Å². The van der Waals surface area contributed by atoms with Gasteiger partial charge in [-0.15, -0.1) is 0 Å². The molecule has 2 rings (SSSR count). The van der Waals surface area contributed by atoms with Gasteiger partial charge in [0.05, 0.1) is 0 Å². The zero-order chi connectivity index (χ0) is 14.4. The number of pyridine rings is 1. The Bertz CT molecular complexity index is 399. The SMILES string of the molecule is CCN(CC1CCC1)c1ccncc1CNCC(C)C. The van der Waals surface area contributed by atoms with E-state index in [0.717, 1.165) is 25.6 Å².